The maximum atomic E-state index is 13.2. The Morgan fingerprint density at radius 2 is 1.73 bits per heavy atom. The largest absolute Gasteiger partial charge is 0.492 e. The van der Waals surface area contributed by atoms with Crippen LogP contribution in [0.5, 0.6) is 5.75 Å². The molecule has 1 aliphatic heterocycles. The van der Waals surface area contributed by atoms with Gasteiger partial charge in [-0.05, 0) is 66.8 Å². The highest BCUT2D eigenvalue weighted by atomic mass is 16.5. The molecule has 1 aliphatic carbocycles. The highest BCUT2D eigenvalue weighted by Gasteiger charge is 2.33. The first-order valence-corrected chi connectivity index (χ1v) is 13.0. The lowest BCUT2D eigenvalue weighted by molar-refractivity contribution is 0.0322. The minimum Gasteiger partial charge on any atom is -0.492 e. The quantitative estimate of drug-likeness (QED) is 0.286. The molecule has 7 heteroatoms. The van der Waals surface area contributed by atoms with Gasteiger partial charge in [-0.3, -0.25) is 15.1 Å². The molecule has 3 aromatic rings. The van der Waals surface area contributed by atoms with Gasteiger partial charge >= 0.3 is 0 Å². The number of carbonyl (C=O) groups is 1. The number of nitrogens with one attached hydrogen (secondary N) is 2. The second kappa shape index (κ2) is 11.6. The number of nitrogens with two attached hydrogens (primary N) is 1. The number of hydrogen-bond acceptors (Lipinski definition) is 6. The van der Waals surface area contributed by atoms with E-state index in [-0.39, 0.29) is 17.7 Å². The highest BCUT2D eigenvalue weighted by molar-refractivity contribution is 6.14. The summed E-state index contributed by atoms with van der Waals surface area (Å²) in [4.78, 5) is 15.5. The Morgan fingerprint density at radius 3 is 2.43 bits per heavy atom. The molecule has 2 fully saturated rings. The summed E-state index contributed by atoms with van der Waals surface area (Å²) in [5, 5.41) is 12.0. The second-order valence-electron chi connectivity index (χ2n) is 9.70. The number of ether oxygens (including phenoxy) is 2. The number of hydrogen-bond donors (Lipinski definition) is 3. The molecule has 0 spiro atoms. The Morgan fingerprint density at radius 1 is 1.03 bits per heavy atom. The summed E-state index contributed by atoms with van der Waals surface area (Å²) in [6.45, 7) is 4.88. The molecule has 2 aliphatic rings. The van der Waals surface area contributed by atoms with Crippen molar-refractivity contribution in [2.24, 2.45) is 5.92 Å². The molecule has 7 nitrogen and oxygen atoms in total. The predicted molar refractivity (Wildman–Crippen MR) is 145 cm³/mol. The molecule has 37 heavy (non-hydrogen) atoms. The number of anilines is 1. The van der Waals surface area contributed by atoms with E-state index in [2.05, 4.69) is 22.3 Å². The van der Waals surface area contributed by atoms with E-state index in [1.807, 2.05) is 42.5 Å². The fourth-order valence-corrected chi connectivity index (χ4v) is 4.69. The van der Waals surface area contributed by atoms with Crippen LogP contribution in [-0.2, 0) is 4.74 Å². The normalized spacial score (nSPS) is 16.6. The third-order valence-electron chi connectivity index (χ3n) is 7.05. The van der Waals surface area contributed by atoms with Crippen molar-refractivity contribution >= 4 is 17.3 Å². The molecule has 1 saturated heterocycles. The smallest absolute Gasteiger partial charge is 0.251 e. The minimum atomic E-state index is -0.154. The van der Waals surface area contributed by atoms with Crippen LogP contribution >= 0.6 is 0 Å². The Bertz CT molecular complexity index is 1220. The third kappa shape index (κ3) is 6.37. The van der Waals surface area contributed by atoms with Gasteiger partial charge in [0.1, 0.15) is 12.4 Å². The molecule has 4 N–H and O–H groups in total. The fraction of sp³-hybridized carbons (Fsp3) is 0.333. The zero-order valence-corrected chi connectivity index (χ0v) is 21.0. The van der Waals surface area contributed by atoms with Gasteiger partial charge in [0.05, 0.1) is 25.0 Å². The predicted octanol–water partition coefficient (Wildman–Crippen LogP) is 4.28. The van der Waals surface area contributed by atoms with Gasteiger partial charge in [-0.15, -0.1) is 0 Å². The first-order chi connectivity index (χ1) is 18.1. The van der Waals surface area contributed by atoms with Crippen LogP contribution in [0.1, 0.15) is 45.9 Å². The van der Waals surface area contributed by atoms with E-state index >= 15 is 0 Å². The molecule has 192 valence electrons. The van der Waals surface area contributed by atoms with Crippen molar-refractivity contribution in [1.29, 1.82) is 5.41 Å². The second-order valence-corrected chi connectivity index (χ2v) is 9.70. The maximum absolute atomic E-state index is 13.2. The van der Waals surface area contributed by atoms with E-state index in [4.69, 9.17) is 20.6 Å². The Labute approximate surface area is 218 Å². The SMILES string of the molecule is N=C(c1ccc(OCCN2CCOCC2)cc1)c1cc(C(=O)NC(c2ccccc2)C2CC2)ccc1N. The molecule has 0 bridgehead atoms. The number of nitrogen functional groups attached to an aromatic ring is 1. The summed E-state index contributed by atoms with van der Waals surface area (Å²) in [6, 6.07) is 22.7. The van der Waals surface area contributed by atoms with Crippen LogP contribution < -0.4 is 15.8 Å². The summed E-state index contributed by atoms with van der Waals surface area (Å²) < 4.78 is 11.3. The molecule has 1 atom stereocenters. The van der Waals surface area contributed by atoms with Crippen LogP contribution in [0.15, 0.2) is 72.8 Å². The Hall–Kier alpha value is -3.68. The lowest BCUT2D eigenvalue weighted by Gasteiger charge is -2.26. The highest BCUT2D eigenvalue weighted by Crippen LogP contribution is 2.41. The minimum absolute atomic E-state index is 0.00931. The summed E-state index contributed by atoms with van der Waals surface area (Å²) in [7, 11) is 0. The van der Waals surface area contributed by atoms with Crippen molar-refractivity contribution in [1.82, 2.24) is 10.2 Å². The standard InChI is InChI=1S/C30H34N4O3/c31-27-13-10-24(30(35)33-29(23-6-7-23)22-4-2-1-3-5-22)20-26(27)28(32)21-8-11-25(12-9-21)37-19-16-34-14-17-36-18-15-34/h1-5,8-13,20,23,29,32H,6-7,14-19,31H2,(H,33,35). The number of morpholine rings is 1. The molecule has 1 unspecified atom stereocenters. The molecule has 0 aromatic heterocycles. The van der Waals surface area contributed by atoms with Crippen LogP contribution in [-0.4, -0.2) is 56.0 Å². The van der Waals surface area contributed by atoms with Crippen LogP contribution in [0.4, 0.5) is 5.69 Å². The fourth-order valence-electron chi connectivity index (χ4n) is 4.69. The molecular formula is C30H34N4O3. The van der Waals surface area contributed by atoms with Crippen LogP contribution in [0.2, 0.25) is 0 Å². The van der Waals surface area contributed by atoms with Crippen molar-refractivity contribution in [3.8, 4) is 5.75 Å². The molecule has 5 rings (SSSR count). The zero-order chi connectivity index (χ0) is 25.6. The van der Waals surface area contributed by atoms with Crippen LogP contribution in [0, 0.1) is 11.3 Å². The van der Waals surface area contributed by atoms with E-state index in [1.165, 1.54) is 0 Å². The van der Waals surface area contributed by atoms with Gasteiger partial charge in [0.25, 0.3) is 5.91 Å². The van der Waals surface area contributed by atoms with Gasteiger partial charge in [-0.25, -0.2) is 0 Å². The molecule has 1 amide bonds. The average molecular weight is 499 g/mol. The van der Waals surface area contributed by atoms with E-state index < -0.39 is 0 Å². The van der Waals surface area contributed by atoms with Crippen LogP contribution in [0.3, 0.4) is 0 Å². The molecule has 1 heterocycles. The number of nitrogens with zero attached hydrogens (tertiary/aromatic N) is 1. The zero-order valence-electron chi connectivity index (χ0n) is 21.0. The molecule has 3 aromatic carbocycles. The number of carbonyl (C=O) groups excluding carboxylic acids is 1. The van der Waals surface area contributed by atoms with Crippen molar-refractivity contribution in [3.63, 3.8) is 0 Å². The monoisotopic (exact) mass is 498 g/mol. The molecule has 0 radical (unpaired) electrons. The van der Waals surface area contributed by atoms with Gasteiger partial charge in [-0.2, -0.15) is 0 Å². The number of rotatable bonds is 10. The molecule has 1 saturated carbocycles. The Kier molecular flexibility index (Phi) is 7.82. The van der Waals surface area contributed by atoms with Crippen molar-refractivity contribution in [2.45, 2.75) is 18.9 Å². The van der Waals surface area contributed by atoms with Gasteiger partial charge in [0.2, 0.25) is 0 Å². The van der Waals surface area contributed by atoms with Crippen molar-refractivity contribution in [3.05, 3.63) is 95.1 Å². The van der Waals surface area contributed by atoms with Gasteiger partial charge in [-0.1, -0.05) is 30.3 Å². The van der Waals surface area contributed by atoms with Crippen molar-refractivity contribution < 1.29 is 14.3 Å². The average Bonchev–Trinajstić information content (AvgIpc) is 3.78. The van der Waals surface area contributed by atoms with Gasteiger partial charge in [0, 0.05) is 42.0 Å². The Balaban J connectivity index is 1.23. The topological polar surface area (TPSA) is 101 Å². The first-order valence-electron chi connectivity index (χ1n) is 13.0. The number of amides is 1. The lowest BCUT2D eigenvalue weighted by atomic mass is 9.97. The third-order valence-corrected chi connectivity index (χ3v) is 7.05. The van der Waals surface area contributed by atoms with Gasteiger partial charge in [0.15, 0.2) is 0 Å². The van der Waals surface area contributed by atoms with E-state index in [9.17, 15) is 4.79 Å². The molecular weight excluding hydrogens is 464 g/mol. The van der Waals surface area contributed by atoms with Crippen LogP contribution in [0.25, 0.3) is 0 Å². The van der Waals surface area contributed by atoms with E-state index in [0.29, 0.717) is 34.9 Å². The summed E-state index contributed by atoms with van der Waals surface area (Å²) in [6.07, 6.45) is 2.23. The summed E-state index contributed by atoms with van der Waals surface area (Å²) >= 11 is 0. The summed E-state index contributed by atoms with van der Waals surface area (Å²) in [5.74, 6) is 1.07. The van der Waals surface area contributed by atoms with Gasteiger partial charge < -0.3 is 20.5 Å². The van der Waals surface area contributed by atoms with Crippen molar-refractivity contribution in [2.75, 3.05) is 45.2 Å². The van der Waals surface area contributed by atoms with E-state index in [0.717, 1.165) is 57.0 Å². The maximum Gasteiger partial charge on any atom is 0.251 e. The number of benzene rings is 3. The van der Waals surface area contributed by atoms with E-state index in [1.54, 1.807) is 18.2 Å². The summed E-state index contributed by atoms with van der Waals surface area (Å²) in [5.41, 5.74) is 9.84. The first kappa shape index (κ1) is 25.0. The lowest BCUT2D eigenvalue weighted by Crippen LogP contribution is -2.38.